The van der Waals surface area contributed by atoms with Crippen LogP contribution in [-0.4, -0.2) is 11.0 Å². The second kappa shape index (κ2) is 5.02. The summed E-state index contributed by atoms with van der Waals surface area (Å²) in [6.07, 6.45) is 1.95. The number of hydrogen-bond acceptors (Lipinski definition) is 1. The summed E-state index contributed by atoms with van der Waals surface area (Å²) in [6.45, 7) is 7.83. The molecule has 0 radical (unpaired) electrons. The van der Waals surface area contributed by atoms with Gasteiger partial charge in [0.25, 0.3) is 0 Å². The van der Waals surface area contributed by atoms with Crippen LogP contribution in [0.15, 0.2) is 18.4 Å². The van der Waals surface area contributed by atoms with E-state index in [1.807, 2.05) is 17.8 Å². The first-order chi connectivity index (χ1) is 3.77. The van der Waals surface area contributed by atoms with Gasteiger partial charge in [-0.2, -0.15) is 11.8 Å². The molecule has 0 N–H and O–H groups in total. The van der Waals surface area contributed by atoms with Crippen LogP contribution in [0.25, 0.3) is 0 Å². The maximum atomic E-state index is 3.46. The van der Waals surface area contributed by atoms with Crippen LogP contribution in [0.5, 0.6) is 0 Å². The largest absolute Gasteiger partial charge is 0.154 e. The summed E-state index contributed by atoms with van der Waals surface area (Å²) in [7, 11) is 0. The molecule has 0 amide bonds. The highest BCUT2D eigenvalue weighted by Crippen LogP contribution is 2.07. The fraction of sp³-hybridized carbons (Fsp3) is 0.571. The highest BCUT2D eigenvalue weighted by Gasteiger charge is 1.87. The smallest absolute Gasteiger partial charge is 0.0191 e. The molecular formula is C7H12S. The number of thioether (sulfide) groups is 1. The van der Waals surface area contributed by atoms with Gasteiger partial charge < -0.3 is 0 Å². The summed E-state index contributed by atoms with van der Waals surface area (Å²) in [4.78, 5) is 0. The Morgan fingerprint density at radius 3 is 2.75 bits per heavy atom. The Kier molecular flexibility index (Phi) is 4.93. The summed E-state index contributed by atoms with van der Waals surface area (Å²) >= 11 is 1.90. The highest BCUT2D eigenvalue weighted by atomic mass is 32.2. The lowest BCUT2D eigenvalue weighted by Gasteiger charge is -1.97. The molecule has 0 aromatic rings. The maximum absolute atomic E-state index is 3.46. The molecular weight excluding hydrogens is 116 g/mol. The Balaban J connectivity index is 3.05. The third-order valence-corrected chi connectivity index (χ3v) is 1.68. The monoisotopic (exact) mass is 128 g/mol. The van der Waals surface area contributed by atoms with Crippen molar-refractivity contribution in [3.63, 3.8) is 0 Å². The fourth-order valence-corrected chi connectivity index (χ4v) is 0.898. The summed E-state index contributed by atoms with van der Waals surface area (Å²) in [6, 6.07) is 0. The summed E-state index contributed by atoms with van der Waals surface area (Å²) in [5.41, 5.74) is 2.73. The zero-order chi connectivity index (χ0) is 6.41. The van der Waals surface area contributed by atoms with Gasteiger partial charge >= 0.3 is 0 Å². The molecule has 0 aliphatic heterocycles. The van der Waals surface area contributed by atoms with Crippen LogP contribution in [0.2, 0.25) is 0 Å². The summed E-state index contributed by atoms with van der Waals surface area (Å²) in [5.74, 6) is 1.04. The molecule has 0 aromatic carbocycles. The van der Waals surface area contributed by atoms with Crippen molar-refractivity contribution in [3.8, 4) is 0 Å². The van der Waals surface area contributed by atoms with Crippen LogP contribution in [0.1, 0.15) is 13.8 Å². The molecule has 0 nitrogen and oxygen atoms in total. The zero-order valence-electron chi connectivity index (χ0n) is 5.48. The SMILES string of the molecule is C=C=CCSC(C)C. The van der Waals surface area contributed by atoms with Crippen molar-refractivity contribution in [1.29, 1.82) is 0 Å². The molecule has 46 valence electrons. The molecule has 0 aliphatic rings. The molecule has 0 aromatic heterocycles. The standard InChI is InChI=1S/C7H12S/c1-4-5-6-8-7(2)3/h5,7H,1,6H2,2-3H3. The minimum atomic E-state index is 0.722. The first-order valence-electron chi connectivity index (χ1n) is 2.73. The third kappa shape index (κ3) is 5.87. The van der Waals surface area contributed by atoms with Crippen LogP contribution in [0.3, 0.4) is 0 Å². The van der Waals surface area contributed by atoms with E-state index >= 15 is 0 Å². The molecule has 0 unspecified atom stereocenters. The quantitative estimate of drug-likeness (QED) is 0.526. The molecule has 0 heterocycles. The minimum Gasteiger partial charge on any atom is -0.154 e. The molecule has 0 aliphatic carbocycles. The van der Waals surface area contributed by atoms with E-state index in [0.717, 1.165) is 11.0 Å². The van der Waals surface area contributed by atoms with Gasteiger partial charge in [0.05, 0.1) is 0 Å². The second-order valence-corrected chi connectivity index (χ2v) is 3.40. The molecule has 0 atom stereocenters. The molecule has 0 saturated carbocycles. The first kappa shape index (κ1) is 7.87. The Morgan fingerprint density at radius 1 is 1.75 bits per heavy atom. The number of rotatable bonds is 3. The molecule has 1 heteroatoms. The second-order valence-electron chi connectivity index (χ2n) is 1.79. The van der Waals surface area contributed by atoms with E-state index in [-0.39, 0.29) is 0 Å². The Morgan fingerprint density at radius 2 is 2.38 bits per heavy atom. The molecule has 0 spiro atoms. The van der Waals surface area contributed by atoms with Crippen molar-refractivity contribution >= 4 is 11.8 Å². The highest BCUT2D eigenvalue weighted by molar-refractivity contribution is 7.99. The molecule has 0 bridgehead atoms. The van der Waals surface area contributed by atoms with Gasteiger partial charge in [-0.15, -0.1) is 5.73 Å². The lowest BCUT2D eigenvalue weighted by Crippen LogP contribution is -1.85. The third-order valence-electron chi connectivity index (χ3n) is 0.657. The average Bonchev–Trinajstić information content (AvgIpc) is 1.66. The Labute approximate surface area is 55.7 Å². The van der Waals surface area contributed by atoms with Gasteiger partial charge in [0.1, 0.15) is 0 Å². The van der Waals surface area contributed by atoms with Crippen molar-refractivity contribution in [2.75, 3.05) is 5.75 Å². The van der Waals surface area contributed by atoms with Crippen LogP contribution < -0.4 is 0 Å². The summed E-state index contributed by atoms with van der Waals surface area (Å²) in [5, 5.41) is 0.722. The van der Waals surface area contributed by atoms with E-state index in [1.54, 1.807) is 0 Å². The molecule has 8 heavy (non-hydrogen) atoms. The normalized spacial score (nSPS) is 8.88. The van der Waals surface area contributed by atoms with Crippen molar-refractivity contribution in [3.05, 3.63) is 18.4 Å². The zero-order valence-corrected chi connectivity index (χ0v) is 6.29. The van der Waals surface area contributed by atoms with Crippen molar-refractivity contribution < 1.29 is 0 Å². The average molecular weight is 128 g/mol. The summed E-state index contributed by atoms with van der Waals surface area (Å²) < 4.78 is 0. The van der Waals surface area contributed by atoms with Gasteiger partial charge in [0, 0.05) is 5.75 Å². The van der Waals surface area contributed by atoms with Gasteiger partial charge in [-0.25, -0.2) is 0 Å². The van der Waals surface area contributed by atoms with E-state index in [1.165, 1.54) is 0 Å². The Hall–Kier alpha value is -0.130. The van der Waals surface area contributed by atoms with Crippen LogP contribution in [-0.2, 0) is 0 Å². The predicted octanol–water partition coefficient (Wildman–Crippen LogP) is 2.47. The number of hydrogen-bond donors (Lipinski definition) is 0. The lowest BCUT2D eigenvalue weighted by molar-refractivity contribution is 1.11. The van der Waals surface area contributed by atoms with Gasteiger partial charge in [-0.3, -0.25) is 0 Å². The molecule has 0 rings (SSSR count). The Bertz CT molecular complexity index is 88.6. The van der Waals surface area contributed by atoms with Gasteiger partial charge in [0.15, 0.2) is 0 Å². The lowest BCUT2D eigenvalue weighted by atomic mass is 10.6. The maximum Gasteiger partial charge on any atom is 0.0191 e. The van der Waals surface area contributed by atoms with Crippen LogP contribution >= 0.6 is 11.8 Å². The molecule has 0 fully saturated rings. The minimum absolute atomic E-state index is 0.722. The van der Waals surface area contributed by atoms with Gasteiger partial charge in [-0.05, 0) is 11.3 Å². The molecule has 0 saturated heterocycles. The topological polar surface area (TPSA) is 0 Å². The van der Waals surface area contributed by atoms with Gasteiger partial charge in [0.2, 0.25) is 0 Å². The van der Waals surface area contributed by atoms with Crippen molar-refractivity contribution in [2.24, 2.45) is 0 Å². The first-order valence-corrected chi connectivity index (χ1v) is 3.78. The van der Waals surface area contributed by atoms with Crippen molar-refractivity contribution in [1.82, 2.24) is 0 Å². The van der Waals surface area contributed by atoms with Crippen molar-refractivity contribution in [2.45, 2.75) is 19.1 Å². The van der Waals surface area contributed by atoms with E-state index in [2.05, 4.69) is 26.2 Å². The van der Waals surface area contributed by atoms with E-state index in [9.17, 15) is 0 Å². The van der Waals surface area contributed by atoms with E-state index < -0.39 is 0 Å². The predicted molar refractivity (Wildman–Crippen MR) is 41.3 cm³/mol. The van der Waals surface area contributed by atoms with Crippen LogP contribution in [0.4, 0.5) is 0 Å². The van der Waals surface area contributed by atoms with E-state index in [4.69, 9.17) is 0 Å². The van der Waals surface area contributed by atoms with Crippen LogP contribution in [0, 0.1) is 0 Å². The van der Waals surface area contributed by atoms with Gasteiger partial charge in [-0.1, -0.05) is 20.4 Å². The van der Waals surface area contributed by atoms with E-state index in [0.29, 0.717) is 0 Å². The fourth-order valence-electron chi connectivity index (χ4n) is 0.299.